The first-order chi connectivity index (χ1) is 9.97. The Morgan fingerprint density at radius 3 is 2.19 bits per heavy atom. The van der Waals surface area contributed by atoms with Crippen LogP contribution >= 0.6 is 15.9 Å². The topological polar surface area (TPSA) is 29.1 Å². The summed E-state index contributed by atoms with van der Waals surface area (Å²) in [4.78, 5) is 12.3. The number of hydrogen-bond donors (Lipinski definition) is 1. The molecule has 0 saturated heterocycles. The molecule has 0 aromatic heterocycles. The average molecular weight is 344 g/mol. The van der Waals surface area contributed by atoms with Crippen molar-refractivity contribution in [3.8, 4) is 0 Å². The summed E-state index contributed by atoms with van der Waals surface area (Å²) in [5, 5.41) is 2.97. The van der Waals surface area contributed by atoms with Gasteiger partial charge in [0.1, 0.15) is 0 Å². The molecular formula is C18H18BrNO. The van der Waals surface area contributed by atoms with Crippen molar-refractivity contribution in [1.29, 1.82) is 0 Å². The third-order valence-electron chi connectivity index (χ3n) is 3.23. The number of halogens is 1. The van der Waals surface area contributed by atoms with Crippen molar-refractivity contribution in [1.82, 2.24) is 0 Å². The molecule has 2 aromatic rings. The van der Waals surface area contributed by atoms with Crippen LogP contribution in [0.15, 0.2) is 46.9 Å². The van der Waals surface area contributed by atoms with Gasteiger partial charge in [-0.3, -0.25) is 4.79 Å². The number of benzene rings is 2. The zero-order valence-corrected chi connectivity index (χ0v) is 14.0. The van der Waals surface area contributed by atoms with Crippen LogP contribution in [-0.2, 0) is 4.79 Å². The lowest BCUT2D eigenvalue weighted by Crippen LogP contribution is -2.13. The fourth-order valence-electron chi connectivity index (χ4n) is 2.31. The maximum atomic E-state index is 12.3. The van der Waals surface area contributed by atoms with Gasteiger partial charge in [0.15, 0.2) is 0 Å². The molecular weight excluding hydrogens is 326 g/mol. The van der Waals surface area contributed by atoms with E-state index in [0.29, 0.717) is 4.48 Å². The Kier molecular flexibility index (Phi) is 4.97. The largest absolute Gasteiger partial charge is 0.321 e. The Morgan fingerprint density at radius 2 is 1.62 bits per heavy atom. The van der Waals surface area contributed by atoms with Crippen molar-refractivity contribution in [2.24, 2.45) is 0 Å². The fourth-order valence-corrected chi connectivity index (χ4v) is 2.68. The zero-order chi connectivity index (χ0) is 15.4. The maximum Gasteiger partial charge on any atom is 0.262 e. The van der Waals surface area contributed by atoms with Gasteiger partial charge in [0.2, 0.25) is 0 Å². The van der Waals surface area contributed by atoms with Crippen molar-refractivity contribution in [3.05, 3.63) is 69.2 Å². The lowest BCUT2D eigenvalue weighted by Gasteiger charge is -2.12. The number of anilines is 1. The molecule has 0 aliphatic rings. The minimum Gasteiger partial charge on any atom is -0.321 e. The van der Waals surface area contributed by atoms with Gasteiger partial charge in [-0.05, 0) is 59.5 Å². The van der Waals surface area contributed by atoms with Gasteiger partial charge in [-0.2, -0.15) is 0 Å². The van der Waals surface area contributed by atoms with Crippen LogP contribution in [0.5, 0.6) is 0 Å². The normalized spacial score (nSPS) is 11.3. The third-order valence-corrected chi connectivity index (χ3v) is 3.81. The molecule has 0 saturated carbocycles. The molecule has 1 amide bonds. The maximum absolute atomic E-state index is 12.3. The average Bonchev–Trinajstić information content (AvgIpc) is 2.43. The van der Waals surface area contributed by atoms with E-state index in [9.17, 15) is 4.79 Å². The quantitative estimate of drug-likeness (QED) is 0.781. The lowest BCUT2D eigenvalue weighted by molar-refractivity contribution is -0.112. The summed E-state index contributed by atoms with van der Waals surface area (Å²) in [5.41, 5.74) is 5.20. The van der Waals surface area contributed by atoms with Crippen LogP contribution in [-0.4, -0.2) is 5.91 Å². The second-order valence-electron chi connectivity index (χ2n) is 5.13. The molecule has 0 bridgehead atoms. The van der Waals surface area contributed by atoms with Crippen LogP contribution in [0, 0.1) is 20.8 Å². The molecule has 0 heterocycles. The fraction of sp³-hybridized carbons (Fsp3) is 0.167. The standard InChI is InChI=1S/C18H18BrNO/c1-12-9-13(2)17(14(3)10-12)20-18(21)16(19)11-15-7-5-4-6-8-15/h4-11H,1-3H3,(H,20,21)/b16-11-. The van der Waals surface area contributed by atoms with E-state index in [4.69, 9.17) is 0 Å². The van der Waals surface area contributed by atoms with Gasteiger partial charge in [0.05, 0.1) is 4.48 Å². The second kappa shape index (κ2) is 6.72. The van der Waals surface area contributed by atoms with Gasteiger partial charge < -0.3 is 5.32 Å². The van der Waals surface area contributed by atoms with Crippen LogP contribution in [0.3, 0.4) is 0 Å². The van der Waals surface area contributed by atoms with Crippen molar-refractivity contribution in [2.45, 2.75) is 20.8 Å². The van der Waals surface area contributed by atoms with Crippen molar-refractivity contribution in [2.75, 3.05) is 5.32 Å². The molecule has 0 unspecified atom stereocenters. The van der Waals surface area contributed by atoms with E-state index in [-0.39, 0.29) is 5.91 Å². The summed E-state index contributed by atoms with van der Waals surface area (Å²) in [7, 11) is 0. The van der Waals surface area contributed by atoms with E-state index in [1.165, 1.54) is 5.56 Å². The number of rotatable bonds is 3. The first-order valence-corrected chi connectivity index (χ1v) is 7.58. The van der Waals surface area contributed by atoms with Crippen molar-refractivity contribution >= 4 is 33.6 Å². The Bertz CT molecular complexity index is 667. The highest BCUT2D eigenvalue weighted by Crippen LogP contribution is 2.23. The molecule has 0 atom stereocenters. The van der Waals surface area contributed by atoms with Gasteiger partial charge in [0.25, 0.3) is 5.91 Å². The Morgan fingerprint density at radius 1 is 1.05 bits per heavy atom. The number of amides is 1. The summed E-state index contributed by atoms with van der Waals surface area (Å²) in [6.45, 7) is 6.06. The highest BCUT2D eigenvalue weighted by atomic mass is 79.9. The van der Waals surface area contributed by atoms with Crippen LogP contribution in [0.2, 0.25) is 0 Å². The predicted octanol–water partition coefficient (Wildman–Crippen LogP) is 4.99. The minimum absolute atomic E-state index is 0.145. The number of carbonyl (C=O) groups is 1. The summed E-state index contributed by atoms with van der Waals surface area (Å²) in [6.07, 6.45) is 1.81. The molecule has 0 aliphatic carbocycles. The van der Waals surface area contributed by atoms with E-state index >= 15 is 0 Å². The molecule has 3 heteroatoms. The molecule has 0 radical (unpaired) electrons. The Hall–Kier alpha value is -1.87. The first-order valence-electron chi connectivity index (χ1n) is 6.79. The van der Waals surface area contributed by atoms with Gasteiger partial charge >= 0.3 is 0 Å². The highest BCUT2D eigenvalue weighted by Gasteiger charge is 2.10. The summed E-state index contributed by atoms with van der Waals surface area (Å²) in [5.74, 6) is -0.145. The first kappa shape index (κ1) is 15.5. The van der Waals surface area contributed by atoms with Gasteiger partial charge in [-0.1, -0.05) is 48.0 Å². The van der Waals surface area contributed by atoms with Crippen LogP contribution in [0.25, 0.3) is 6.08 Å². The summed E-state index contributed by atoms with van der Waals surface area (Å²) < 4.78 is 0.507. The zero-order valence-electron chi connectivity index (χ0n) is 12.4. The van der Waals surface area contributed by atoms with E-state index in [1.54, 1.807) is 0 Å². The smallest absolute Gasteiger partial charge is 0.262 e. The number of carbonyl (C=O) groups excluding carboxylic acids is 1. The van der Waals surface area contributed by atoms with Crippen LogP contribution < -0.4 is 5.32 Å². The molecule has 2 rings (SSSR count). The third kappa shape index (κ3) is 4.05. The number of nitrogens with one attached hydrogen (secondary N) is 1. The minimum atomic E-state index is -0.145. The highest BCUT2D eigenvalue weighted by molar-refractivity contribution is 9.12. The summed E-state index contributed by atoms with van der Waals surface area (Å²) in [6, 6.07) is 13.9. The molecule has 2 nitrogen and oxygen atoms in total. The Balaban J connectivity index is 2.21. The Labute approximate surface area is 134 Å². The molecule has 108 valence electrons. The molecule has 21 heavy (non-hydrogen) atoms. The van der Waals surface area contributed by atoms with Crippen molar-refractivity contribution < 1.29 is 4.79 Å². The second-order valence-corrected chi connectivity index (χ2v) is 5.99. The SMILES string of the molecule is Cc1cc(C)c(NC(=O)/C(Br)=C/c2ccccc2)c(C)c1. The number of hydrogen-bond acceptors (Lipinski definition) is 1. The molecule has 0 aliphatic heterocycles. The predicted molar refractivity (Wildman–Crippen MR) is 92.6 cm³/mol. The molecule has 0 fully saturated rings. The monoisotopic (exact) mass is 343 g/mol. The van der Waals surface area contributed by atoms with E-state index < -0.39 is 0 Å². The van der Waals surface area contributed by atoms with Gasteiger partial charge in [-0.15, -0.1) is 0 Å². The van der Waals surface area contributed by atoms with Crippen LogP contribution in [0.4, 0.5) is 5.69 Å². The molecule has 2 aromatic carbocycles. The lowest BCUT2D eigenvalue weighted by atomic mass is 10.1. The molecule has 1 N–H and O–H groups in total. The number of aryl methyl sites for hydroxylation is 3. The van der Waals surface area contributed by atoms with E-state index in [2.05, 4.69) is 40.3 Å². The van der Waals surface area contributed by atoms with E-state index in [0.717, 1.165) is 22.4 Å². The summed E-state index contributed by atoms with van der Waals surface area (Å²) >= 11 is 3.35. The van der Waals surface area contributed by atoms with Gasteiger partial charge in [-0.25, -0.2) is 0 Å². The van der Waals surface area contributed by atoms with Crippen LogP contribution in [0.1, 0.15) is 22.3 Å². The van der Waals surface area contributed by atoms with E-state index in [1.807, 2.05) is 50.3 Å². The van der Waals surface area contributed by atoms with Crippen molar-refractivity contribution in [3.63, 3.8) is 0 Å². The van der Waals surface area contributed by atoms with Gasteiger partial charge in [0, 0.05) is 5.69 Å². The molecule has 0 spiro atoms.